The number of thioether (sulfide) groups is 2. The van der Waals surface area contributed by atoms with E-state index in [9.17, 15) is 4.39 Å². The Morgan fingerprint density at radius 2 is 2.19 bits per heavy atom. The lowest BCUT2D eigenvalue weighted by atomic mass is 10.2. The van der Waals surface area contributed by atoms with E-state index < -0.39 is 5.82 Å². The maximum Gasteiger partial charge on any atom is 0.258 e. The highest BCUT2D eigenvalue weighted by Gasteiger charge is 2.30. The van der Waals surface area contributed by atoms with Crippen molar-refractivity contribution in [2.45, 2.75) is 23.8 Å². The van der Waals surface area contributed by atoms with Gasteiger partial charge in [0, 0.05) is 22.3 Å². The summed E-state index contributed by atoms with van der Waals surface area (Å²) < 4.78 is 18.8. The predicted octanol–water partition coefficient (Wildman–Crippen LogP) is 3.76. The minimum absolute atomic E-state index is 0.115. The van der Waals surface area contributed by atoms with Crippen LogP contribution in [0.15, 0.2) is 22.7 Å². The summed E-state index contributed by atoms with van der Waals surface area (Å²) >= 11 is 3.82. The number of hydrogen-bond donors (Lipinski definition) is 1. The second kappa shape index (κ2) is 6.27. The molecule has 0 bridgehead atoms. The molecule has 2 N–H and O–H groups in total. The number of nitrogens with two attached hydrogens (primary N) is 1. The first-order chi connectivity index (χ1) is 10.2. The van der Waals surface area contributed by atoms with Gasteiger partial charge in [-0.2, -0.15) is 16.7 Å². The van der Waals surface area contributed by atoms with Crippen molar-refractivity contribution in [2.75, 3.05) is 17.2 Å². The molecule has 2 aromatic rings. The van der Waals surface area contributed by atoms with Gasteiger partial charge in [-0.05, 0) is 24.6 Å². The number of anilines is 1. The zero-order valence-corrected chi connectivity index (χ0v) is 13.2. The number of nitrogens with zero attached hydrogens (tertiary/aromatic N) is 2. The third-order valence-electron chi connectivity index (χ3n) is 3.40. The second-order valence-electron chi connectivity index (χ2n) is 4.80. The molecule has 2 unspecified atom stereocenters. The van der Waals surface area contributed by atoms with Crippen LogP contribution in [0.5, 0.6) is 0 Å². The quantitative estimate of drug-likeness (QED) is 0.867. The van der Waals surface area contributed by atoms with E-state index in [4.69, 9.17) is 10.3 Å². The van der Waals surface area contributed by atoms with Crippen LogP contribution in [-0.4, -0.2) is 26.9 Å². The Hall–Kier alpha value is -1.21. The Labute approximate surface area is 131 Å². The van der Waals surface area contributed by atoms with Gasteiger partial charge in [0.2, 0.25) is 0 Å². The molecule has 3 rings (SSSR count). The molecule has 1 aliphatic rings. The molecule has 1 saturated heterocycles. The first-order valence-corrected chi connectivity index (χ1v) is 8.91. The molecule has 2 heterocycles. The number of nitrogen functional groups attached to an aromatic ring is 1. The summed E-state index contributed by atoms with van der Waals surface area (Å²) in [6.45, 7) is 2.17. The second-order valence-corrected chi connectivity index (χ2v) is 7.40. The van der Waals surface area contributed by atoms with Crippen molar-refractivity contribution in [1.82, 2.24) is 10.1 Å². The van der Waals surface area contributed by atoms with Crippen molar-refractivity contribution in [2.24, 2.45) is 0 Å². The first kappa shape index (κ1) is 14.7. The lowest BCUT2D eigenvalue weighted by Crippen LogP contribution is -2.19. The minimum Gasteiger partial charge on any atom is -0.396 e. The Bertz CT molecular complexity index is 634. The normalized spacial score (nSPS) is 22.4. The molecule has 1 fully saturated rings. The molecule has 4 nitrogen and oxygen atoms in total. The summed E-state index contributed by atoms with van der Waals surface area (Å²) in [4.78, 5) is 4.45. The standard InChI is InChI=1S/C14H16FN3OS2/c1-2-11-12(21-6-5-20-11)13-17-14(19-18-13)8-3-4-10(16)9(15)7-8/h3-4,7,11-12H,2,5-6,16H2,1H3. The summed E-state index contributed by atoms with van der Waals surface area (Å²) in [5.41, 5.74) is 6.15. The smallest absolute Gasteiger partial charge is 0.258 e. The summed E-state index contributed by atoms with van der Waals surface area (Å²) in [5.74, 6) is 2.82. The molecule has 2 atom stereocenters. The highest BCUT2D eigenvalue weighted by Crippen LogP contribution is 2.43. The number of hydrogen-bond acceptors (Lipinski definition) is 6. The lowest BCUT2D eigenvalue weighted by molar-refractivity contribution is 0.421. The van der Waals surface area contributed by atoms with Gasteiger partial charge >= 0.3 is 0 Å². The topological polar surface area (TPSA) is 64.9 Å². The first-order valence-electron chi connectivity index (χ1n) is 6.81. The van der Waals surface area contributed by atoms with Gasteiger partial charge in [-0.3, -0.25) is 0 Å². The van der Waals surface area contributed by atoms with E-state index in [0.29, 0.717) is 22.5 Å². The Morgan fingerprint density at radius 1 is 1.38 bits per heavy atom. The van der Waals surface area contributed by atoms with Crippen LogP contribution in [0.2, 0.25) is 0 Å². The SMILES string of the molecule is CCC1SCCSC1c1noc(-c2ccc(N)c(F)c2)n1. The molecule has 0 radical (unpaired) electrons. The van der Waals surface area contributed by atoms with Crippen molar-refractivity contribution in [3.8, 4) is 11.5 Å². The van der Waals surface area contributed by atoms with E-state index >= 15 is 0 Å². The van der Waals surface area contributed by atoms with Crippen molar-refractivity contribution < 1.29 is 8.91 Å². The molecule has 21 heavy (non-hydrogen) atoms. The molecule has 0 spiro atoms. The van der Waals surface area contributed by atoms with Crippen LogP contribution in [-0.2, 0) is 0 Å². The van der Waals surface area contributed by atoms with Gasteiger partial charge in [0.15, 0.2) is 5.82 Å². The average Bonchev–Trinajstić information content (AvgIpc) is 2.99. The van der Waals surface area contributed by atoms with Crippen LogP contribution >= 0.6 is 23.5 Å². The highest BCUT2D eigenvalue weighted by atomic mass is 32.2. The third kappa shape index (κ3) is 3.03. The summed E-state index contributed by atoms with van der Waals surface area (Å²) in [5, 5.41) is 4.83. The zero-order valence-electron chi connectivity index (χ0n) is 11.6. The minimum atomic E-state index is -0.471. The fourth-order valence-electron chi connectivity index (χ4n) is 2.27. The summed E-state index contributed by atoms with van der Waals surface area (Å²) in [6.07, 6.45) is 1.07. The maximum absolute atomic E-state index is 13.5. The number of benzene rings is 1. The lowest BCUT2D eigenvalue weighted by Gasteiger charge is -2.27. The summed E-state index contributed by atoms with van der Waals surface area (Å²) in [7, 11) is 0. The molecule has 0 amide bonds. The average molecular weight is 325 g/mol. The van der Waals surface area contributed by atoms with Gasteiger partial charge in [0.05, 0.1) is 10.9 Å². The molecule has 1 aromatic carbocycles. The highest BCUT2D eigenvalue weighted by molar-refractivity contribution is 8.06. The van der Waals surface area contributed by atoms with E-state index in [-0.39, 0.29) is 10.9 Å². The maximum atomic E-state index is 13.5. The van der Waals surface area contributed by atoms with E-state index in [0.717, 1.165) is 17.9 Å². The van der Waals surface area contributed by atoms with Crippen LogP contribution in [0.25, 0.3) is 11.5 Å². The zero-order chi connectivity index (χ0) is 14.8. The molecular weight excluding hydrogens is 309 g/mol. The monoisotopic (exact) mass is 325 g/mol. The molecule has 112 valence electrons. The van der Waals surface area contributed by atoms with Crippen LogP contribution < -0.4 is 5.73 Å². The number of halogens is 1. The summed E-state index contributed by atoms with van der Waals surface area (Å²) in [6, 6.07) is 4.52. The van der Waals surface area contributed by atoms with Crippen LogP contribution in [0.1, 0.15) is 24.4 Å². The van der Waals surface area contributed by atoms with Crippen molar-refractivity contribution >= 4 is 29.2 Å². The van der Waals surface area contributed by atoms with Crippen molar-refractivity contribution in [3.63, 3.8) is 0 Å². The molecule has 7 heteroatoms. The molecule has 1 aliphatic heterocycles. The third-order valence-corrected chi connectivity index (χ3v) is 6.64. The largest absolute Gasteiger partial charge is 0.396 e. The Balaban J connectivity index is 1.86. The van der Waals surface area contributed by atoms with Gasteiger partial charge in [-0.25, -0.2) is 4.39 Å². The van der Waals surface area contributed by atoms with Gasteiger partial charge in [-0.15, -0.1) is 11.8 Å². The van der Waals surface area contributed by atoms with E-state index in [1.807, 2.05) is 23.5 Å². The van der Waals surface area contributed by atoms with Crippen molar-refractivity contribution in [1.29, 1.82) is 0 Å². The van der Waals surface area contributed by atoms with Gasteiger partial charge < -0.3 is 10.3 Å². The van der Waals surface area contributed by atoms with Crippen LogP contribution in [0.3, 0.4) is 0 Å². The van der Waals surface area contributed by atoms with Crippen LogP contribution in [0.4, 0.5) is 10.1 Å². The van der Waals surface area contributed by atoms with E-state index in [2.05, 4.69) is 17.1 Å². The van der Waals surface area contributed by atoms with Crippen molar-refractivity contribution in [3.05, 3.63) is 29.8 Å². The van der Waals surface area contributed by atoms with Gasteiger partial charge in [0.25, 0.3) is 5.89 Å². The molecule has 1 aromatic heterocycles. The van der Waals surface area contributed by atoms with Gasteiger partial charge in [-0.1, -0.05) is 12.1 Å². The Morgan fingerprint density at radius 3 is 2.95 bits per heavy atom. The number of aromatic nitrogens is 2. The van der Waals surface area contributed by atoms with E-state index in [1.165, 1.54) is 12.1 Å². The molecule has 0 aliphatic carbocycles. The Kier molecular flexibility index (Phi) is 4.40. The fourth-order valence-corrected chi connectivity index (χ4v) is 5.25. The van der Waals surface area contributed by atoms with E-state index in [1.54, 1.807) is 6.07 Å². The predicted molar refractivity (Wildman–Crippen MR) is 85.8 cm³/mol. The fraction of sp³-hybridized carbons (Fsp3) is 0.429. The number of rotatable bonds is 3. The van der Waals surface area contributed by atoms with Gasteiger partial charge in [0.1, 0.15) is 5.82 Å². The molecular formula is C14H16FN3OS2. The molecule has 0 saturated carbocycles. The van der Waals surface area contributed by atoms with Crippen LogP contribution in [0, 0.1) is 5.82 Å².